The molecule has 1 N–H and O–H groups in total. The maximum absolute atomic E-state index is 3.00. The number of thiophene rings is 1. The summed E-state index contributed by atoms with van der Waals surface area (Å²) >= 11 is 1.71. The maximum Gasteiger partial charge on any atom is 0.149 e. The molecule has 4 heteroatoms. The Morgan fingerprint density at radius 2 is 2.56 bits per heavy atom. The van der Waals surface area contributed by atoms with Gasteiger partial charge in [-0.25, -0.2) is 0 Å². The van der Waals surface area contributed by atoms with E-state index in [-0.39, 0.29) is 0 Å². The number of hydrogen-bond donors (Lipinski definition) is 1. The van der Waals surface area contributed by atoms with Crippen molar-refractivity contribution in [2.75, 3.05) is 5.09 Å². The lowest BCUT2D eigenvalue weighted by molar-refractivity contribution is 1.97. The molecule has 0 aliphatic rings. The van der Waals surface area contributed by atoms with Gasteiger partial charge in [-0.2, -0.15) is 0 Å². The normalized spacial score (nSPS) is 9.11. The lowest BCUT2D eigenvalue weighted by atomic mass is 9.75. The third kappa shape index (κ3) is 1.70. The first kappa shape index (κ1) is 7.11. The smallest absolute Gasteiger partial charge is 0.149 e. The first-order chi connectivity index (χ1) is 4.36. The minimum atomic E-state index is 1.19. The zero-order chi connectivity index (χ0) is 6.69. The summed E-state index contributed by atoms with van der Waals surface area (Å²) in [4.78, 5) is 0. The van der Waals surface area contributed by atoms with Crippen LogP contribution in [0, 0.1) is 0 Å². The SMILES string of the molecule is C[B]c1csc(NP)c1. The van der Waals surface area contributed by atoms with Crippen LogP contribution >= 0.6 is 20.7 Å². The van der Waals surface area contributed by atoms with Crippen LogP contribution in [-0.4, -0.2) is 7.28 Å². The van der Waals surface area contributed by atoms with Gasteiger partial charge in [0.05, 0.1) is 5.00 Å². The number of nitrogens with one attached hydrogen (secondary N) is 1. The van der Waals surface area contributed by atoms with E-state index < -0.39 is 0 Å². The molecule has 0 aliphatic heterocycles. The molecule has 1 aromatic rings. The minimum absolute atomic E-state index is 1.19. The molecular weight excluding hydrogens is 148 g/mol. The highest BCUT2D eigenvalue weighted by Gasteiger charge is 1.93. The van der Waals surface area contributed by atoms with Crippen molar-refractivity contribution in [1.82, 2.24) is 0 Å². The van der Waals surface area contributed by atoms with Gasteiger partial charge < -0.3 is 5.09 Å². The van der Waals surface area contributed by atoms with Crippen LogP contribution in [0.3, 0.4) is 0 Å². The molecule has 0 bridgehead atoms. The molecule has 1 heterocycles. The second kappa shape index (κ2) is 3.24. The summed E-state index contributed by atoms with van der Waals surface area (Å²) < 4.78 is 0. The van der Waals surface area contributed by atoms with Gasteiger partial charge in [0.1, 0.15) is 7.28 Å². The summed E-state index contributed by atoms with van der Waals surface area (Å²) in [5.74, 6) is 0. The summed E-state index contributed by atoms with van der Waals surface area (Å²) in [6.07, 6.45) is 0. The summed E-state index contributed by atoms with van der Waals surface area (Å²) in [5.41, 5.74) is 1.28. The van der Waals surface area contributed by atoms with E-state index in [1.54, 1.807) is 11.3 Å². The molecule has 1 nitrogen and oxygen atoms in total. The van der Waals surface area contributed by atoms with Gasteiger partial charge in [0, 0.05) is 0 Å². The molecule has 0 fully saturated rings. The molecule has 0 aliphatic carbocycles. The molecule has 0 saturated heterocycles. The van der Waals surface area contributed by atoms with Crippen molar-refractivity contribution in [3.05, 3.63) is 11.4 Å². The minimum Gasteiger partial charge on any atom is -0.361 e. The van der Waals surface area contributed by atoms with Gasteiger partial charge in [-0.3, -0.25) is 0 Å². The van der Waals surface area contributed by atoms with E-state index in [2.05, 4.69) is 33.2 Å². The van der Waals surface area contributed by atoms with Gasteiger partial charge >= 0.3 is 0 Å². The Balaban J connectivity index is 2.74. The van der Waals surface area contributed by atoms with E-state index in [0.717, 1.165) is 0 Å². The lowest BCUT2D eigenvalue weighted by Crippen LogP contribution is -2.04. The van der Waals surface area contributed by atoms with Gasteiger partial charge in [0.15, 0.2) is 0 Å². The fourth-order valence-electron chi connectivity index (χ4n) is 0.578. The van der Waals surface area contributed by atoms with Crippen molar-refractivity contribution in [3.8, 4) is 0 Å². The summed E-state index contributed by atoms with van der Waals surface area (Å²) in [5, 5.41) is 6.30. The van der Waals surface area contributed by atoms with Crippen LogP contribution in [0.25, 0.3) is 0 Å². The molecule has 0 saturated carbocycles. The van der Waals surface area contributed by atoms with Gasteiger partial charge in [0.25, 0.3) is 0 Å². The maximum atomic E-state index is 3.00. The molecule has 1 radical (unpaired) electrons. The number of hydrogen-bond acceptors (Lipinski definition) is 2. The van der Waals surface area contributed by atoms with Crippen molar-refractivity contribution in [2.45, 2.75) is 6.82 Å². The first-order valence-corrected chi connectivity index (χ1v) is 4.17. The van der Waals surface area contributed by atoms with Crippen molar-refractivity contribution in [3.63, 3.8) is 0 Å². The average Bonchev–Trinajstić information content (AvgIpc) is 2.34. The predicted octanol–water partition coefficient (Wildman–Crippen LogP) is 1.33. The largest absolute Gasteiger partial charge is 0.361 e. The van der Waals surface area contributed by atoms with Gasteiger partial charge in [-0.15, -0.1) is 11.3 Å². The van der Waals surface area contributed by atoms with Crippen LogP contribution < -0.4 is 10.6 Å². The van der Waals surface area contributed by atoms with Crippen LogP contribution in [0.2, 0.25) is 6.82 Å². The third-order valence-corrected chi connectivity index (χ3v) is 2.50. The third-order valence-electron chi connectivity index (χ3n) is 1.10. The highest BCUT2D eigenvalue weighted by Crippen LogP contribution is 2.14. The number of rotatable bonds is 2. The van der Waals surface area contributed by atoms with E-state index in [1.165, 1.54) is 10.5 Å². The molecule has 0 amide bonds. The average molecular weight is 156 g/mol. The van der Waals surface area contributed by atoms with E-state index in [9.17, 15) is 0 Å². The quantitative estimate of drug-likeness (QED) is 0.503. The molecule has 9 heavy (non-hydrogen) atoms. The Morgan fingerprint density at radius 1 is 1.78 bits per heavy atom. The second-order valence-corrected chi connectivity index (χ2v) is 2.88. The zero-order valence-electron chi connectivity index (χ0n) is 5.22. The molecular formula is C5H8BNPS. The second-order valence-electron chi connectivity index (χ2n) is 1.68. The zero-order valence-corrected chi connectivity index (χ0v) is 7.19. The Bertz CT molecular complexity index is 170. The molecule has 1 aromatic heterocycles. The molecule has 1 unspecified atom stereocenters. The van der Waals surface area contributed by atoms with Gasteiger partial charge in [-0.1, -0.05) is 12.3 Å². The van der Waals surface area contributed by atoms with Crippen molar-refractivity contribution < 1.29 is 0 Å². The fourth-order valence-corrected chi connectivity index (χ4v) is 1.60. The van der Waals surface area contributed by atoms with Gasteiger partial charge in [-0.05, 0) is 20.8 Å². The highest BCUT2D eigenvalue weighted by molar-refractivity contribution is 7.23. The Morgan fingerprint density at radius 3 is 2.89 bits per heavy atom. The topological polar surface area (TPSA) is 12.0 Å². The summed E-state index contributed by atoms with van der Waals surface area (Å²) in [6, 6.07) is 2.11. The van der Waals surface area contributed by atoms with Crippen molar-refractivity contribution in [1.29, 1.82) is 0 Å². The Labute approximate surface area is 62.4 Å². The van der Waals surface area contributed by atoms with E-state index in [4.69, 9.17) is 0 Å². The standard InChI is InChI=1S/C5H8BNPS/c1-6-4-2-5(7-8)9-3-4/h2-3,7H,8H2,1H3. The van der Waals surface area contributed by atoms with Crippen LogP contribution in [0.1, 0.15) is 0 Å². The monoisotopic (exact) mass is 156 g/mol. The van der Waals surface area contributed by atoms with E-state index in [1.807, 2.05) is 6.82 Å². The molecule has 1 rings (SSSR count). The first-order valence-electron chi connectivity index (χ1n) is 2.71. The summed E-state index contributed by atoms with van der Waals surface area (Å²) in [7, 11) is 4.56. The Kier molecular flexibility index (Phi) is 2.55. The lowest BCUT2D eigenvalue weighted by Gasteiger charge is -1.87. The highest BCUT2D eigenvalue weighted by atomic mass is 32.1. The number of anilines is 1. The Hall–Kier alpha value is -0.00506. The van der Waals surface area contributed by atoms with Crippen molar-refractivity contribution in [2.24, 2.45) is 0 Å². The van der Waals surface area contributed by atoms with Crippen LogP contribution in [0.5, 0.6) is 0 Å². The van der Waals surface area contributed by atoms with Crippen LogP contribution in [0.4, 0.5) is 5.00 Å². The predicted molar refractivity (Wildman–Crippen MR) is 48.9 cm³/mol. The van der Waals surface area contributed by atoms with E-state index >= 15 is 0 Å². The van der Waals surface area contributed by atoms with Crippen LogP contribution in [0.15, 0.2) is 11.4 Å². The van der Waals surface area contributed by atoms with Gasteiger partial charge in [0.2, 0.25) is 0 Å². The molecule has 1 atom stereocenters. The van der Waals surface area contributed by atoms with Crippen LogP contribution in [-0.2, 0) is 0 Å². The fraction of sp³-hybridized carbons (Fsp3) is 0.200. The van der Waals surface area contributed by atoms with E-state index in [0.29, 0.717) is 0 Å². The molecule has 0 aromatic carbocycles. The molecule has 0 spiro atoms. The summed E-state index contributed by atoms with van der Waals surface area (Å²) in [6.45, 7) is 2.04. The molecule has 47 valence electrons. The van der Waals surface area contributed by atoms with Crippen molar-refractivity contribution >= 4 is 38.5 Å².